The van der Waals surface area contributed by atoms with E-state index in [2.05, 4.69) is 0 Å². The molecule has 0 spiro atoms. The maximum atomic E-state index is 10.9. The fraction of sp³-hybridized carbons (Fsp3) is 0.286. The van der Waals surface area contributed by atoms with Gasteiger partial charge in [0.25, 0.3) is 5.91 Å². The molecule has 0 saturated carbocycles. The van der Waals surface area contributed by atoms with Crippen molar-refractivity contribution in [1.29, 1.82) is 0 Å². The second kappa shape index (κ2) is 3.50. The summed E-state index contributed by atoms with van der Waals surface area (Å²) in [6.07, 6.45) is 0. The van der Waals surface area contributed by atoms with Crippen LogP contribution in [0, 0.1) is 0 Å². The van der Waals surface area contributed by atoms with Crippen LogP contribution in [0.5, 0.6) is 0 Å². The van der Waals surface area contributed by atoms with E-state index in [4.69, 9.17) is 5.21 Å². The molecule has 2 N–H and O–H groups in total. The third-order valence-electron chi connectivity index (χ3n) is 1.47. The topological polar surface area (TPSA) is 49.3 Å². The third-order valence-corrected chi connectivity index (χ3v) is 2.53. The van der Waals surface area contributed by atoms with E-state index >= 15 is 0 Å². The Hall–Kier alpha value is -0.870. The molecule has 0 fully saturated rings. The van der Waals surface area contributed by atoms with Crippen LogP contribution in [0.4, 0.5) is 0 Å². The molecule has 1 unspecified atom stereocenters. The van der Waals surface area contributed by atoms with Crippen molar-refractivity contribution in [3.8, 4) is 0 Å². The number of carbonyl (C=O) groups excluding carboxylic acids is 1. The van der Waals surface area contributed by atoms with Crippen LogP contribution < -0.4 is 5.48 Å². The zero-order valence-electron chi connectivity index (χ0n) is 6.07. The van der Waals surface area contributed by atoms with Gasteiger partial charge in [0.15, 0.2) is 0 Å². The van der Waals surface area contributed by atoms with Crippen molar-refractivity contribution in [3.63, 3.8) is 0 Å². The normalized spacial score (nSPS) is 12.5. The predicted octanol–water partition coefficient (Wildman–Crippen LogP) is 1.36. The summed E-state index contributed by atoms with van der Waals surface area (Å²) >= 11 is 1.50. The van der Waals surface area contributed by atoms with Crippen molar-refractivity contribution in [3.05, 3.63) is 22.4 Å². The molecule has 0 aliphatic heterocycles. The Morgan fingerprint density at radius 3 is 3.00 bits per heavy atom. The molecular formula is C7H9NO2S. The quantitative estimate of drug-likeness (QED) is 0.521. The first-order valence-electron chi connectivity index (χ1n) is 3.23. The lowest BCUT2D eigenvalue weighted by Crippen LogP contribution is -2.23. The Labute approximate surface area is 68.6 Å². The van der Waals surface area contributed by atoms with Crippen LogP contribution in [0.15, 0.2) is 17.5 Å². The maximum Gasteiger partial charge on any atom is 0.251 e. The number of amides is 1. The predicted molar refractivity (Wildman–Crippen MR) is 42.7 cm³/mol. The van der Waals surface area contributed by atoms with Gasteiger partial charge in [-0.25, -0.2) is 5.48 Å². The van der Waals surface area contributed by atoms with Gasteiger partial charge in [-0.1, -0.05) is 6.07 Å². The number of carbonyl (C=O) groups is 1. The Morgan fingerprint density at radius 1 is 1.82 bits per heavy atom. The van der Waals surface area contributed by atoms with Crippen molar-refractivity contribution in [1.82, 2.24) is 5.48 Å². The number of rotatable bonds is 2. The SMILES string of the molecule is CC(C(=O)NO)c1cccs1. The Balaban J connectivity index is 2.70. The molecule has 1 rings (SSSR count). The molecule has 1 heterocycles. The van der Waals surface area contributed by atoms with Crippen LogP contribution in [0.1, 0.15) is 17.7 Å². The molecule has 0 aliphatic rings. The van der Waals surface area contributed by atoms with E-state index in [1.165, 1.54) is 11.3 Å². The second-order valence-corrected chi connectivity index (χ2v) is 3.19. The lowest BCUT2D eigenvalue weighted by molar-refractivity contribution is -0.130. The Morgan fingerprint density at radius 2 is 2.55 bits per heavy atom. The highest BCUT2D eigenvalue weighted by molar-refractivity contribution is 7.10. The highest BCUT2D eigenvalue weighted by Gasteiger charge is 2.14. The summed E-state index contributed by atoms with van der Waals surface area (Å²) in [4.78, 5) is 11.8. The largest absolute Gasteiger partial charge is 0.289 e. The number of nitrogens with one attached hydrogen (secondary N) is 1. The number of hydrogen-bond donors (Lipinski definition) is 2. The highest BCUT2D eigenvalue weighted by Crippen LogP contribution is 2.20. The molecule has 11 heavy (non-hydrogen) atoms. The van der Waals surface area contributed by atoms with E-state index in [0.29, 0.717) is 0 Å². The average molecular weight is 171 g/mol. The van der Waals surface area contributed by atoms with Crippen LogP contribution >= 0.6 is 11.3 Å². The maximum absolute atomic E-state index is 10.9. The summed E-state index contributed by atoms with van der Waals surface area (Å²) in [6, 6.07) is 3.74. The first-order chi connectivity index (χ1) is 5.25. The first kappa shape index (κ1) is 8.23. The van der Waals surface area contributed by atoms with E-state index in [9.17, 15) is 4.79 Å². The van der Waals surface area contributed by atoms with Crippen molar-refractivity contribution in [2.45, 2.75) is 12.8 Å². The number of hydroxylamine groups is 1. The summed E-state index contributed by atoms with van der Waals surface area (Å²) in [7, 11) is 0. The summed E-state index contributed by atoms with van der Waals surface area (Å²) < 4.78 is 0. The van der Waals surface area contributed by atoms with Gasteiger partial charge in [0.2, 0.25) is 0 Å². The molecule has 0 aromatic carbocycles. The monoisotopic (exact) mass is 171 g/mol. The molecule has 0 radical (unpaired) electrons. The minimum absolute atomic E-state index is 0.264. The van der Waals surface area contributed by atoms with Gasteiger partial charge in [0, 0.05) is 4.88 Å². The van der Waals surface area contributed by atoms with E-state index in [1.807, 2.05) is 17.5 Å². The van der Waals surface area contributed by atoms with Crippen LogP contribution in [-0.2, 0) is 4.79 Å². The molecule has 1 atom stereocenters. The molecule has 1 amide bonds. The lowest BCUT2D eigenvalue weighted by atomic mass is 10.1. The fourth-order valence-electron chi connectivity index (χ4n) is 0.764. The van der Waals surface area contributed by atoms with Crippen molar-refractivity contribution in [2.24, 2.45) is 0 Å². The van der Waals surface area contributed by atoms with Crippen LogP contribution in [0.25, 0.3) is 0 Å². The highest BCUT2D eigenvalue weighted by atomic mass is 32.1. The van der Waals surface area contributed by atoms with Gasteiger partial charge in [0.05, 0.1) is 5.92 Å². The number of thiophene rings is 1. The number of hydrogen-bond acceptors (Lipinski definition) is 3. The summed E-state index contributed by atoms with van der Waals surface area (Å²) in [5, 5.41) is 10.2. The first-order valence-corrected chi connectivity index (χ1v) is 4.11. The zero-order valence-corrected chi connectivity index (χ0v) is 6.89. The summed E-state index contributed by atoms with van der Waals surface area (Å²) in [5.74, 6) is -0.632. The van der Waals surface area contributed by atoms with Gasteiger partial charge in [-0.2, -0.15) is 0 Å². The van der Waals surface area contributed by atoms with E-state index < -0.39 is 0 Å². The van der Waals surface area contributed by atoms with Crippen molar-refractivity contribution >= 4 is 17.2 Å². The van der Waals surface area contributed by atoms with E-state index in [1.54, 1.807) is 12.4 Å². The molecule has 3 nitrogen and oxygen atoms in total. The minimum atomic E-state index is -0.368. The van der Waals surface area contributed by atoms with Gasteiger partial charge in [-0.3, -0.25) is 10.0 Å². The van der Waals surface area contributed by atoms with Crippen LogP contribution in [-0.4, -0.2) is 11.1 Å². The Bertz CT molecular complexity index is 233. The molecular weight excluding hydrogens is 162 g/mol. The van der Waals surface area contributed by atoms with Crippen LogP contribution in [0.2, 0.25) is 0 Å². The van der Waals surface area contributed by atoms with Gasteiger partial charge in [-0.05, 0) is 18.4 Å². The summed E-state index contributed by atoms with van der Waals surface area (Å²) in [6.45, 7) is 1.75. The Kier molecular flexibility index (Phi) is 2.62. The third kappa shape index (κ3) is 1.78. The van der Waals surface area contributed by atoms with Crippen molar-refractivity contribution < 1.29 is 10.0 Å². The van der Waals surface area contributed by atoms with Gasteiger partial charge in [0.1, 0.15) is 0 Å². The molecule has 0 aliphatic carbocycles. The molecule has 1 aromatic heterocycles. The smallest absolute Gasteiger partial charge is 0.251 e. The lowest BCUT2D eigenvalue weighted by Gasteiger charge is -2.04. The second-order valence-electron chi connectivity index (χ2n) is 2.21. The zero-order chi connectivity index (χ0) is 8.27. The van der Waals surface area contributed by atoms with Gasteiger partial charge >= 0.3 is 0 Å². The van der Waals surface area contributed by atoms with Gasteiger partial charge < -0.3 is 0 Å². The molecule has 0 saturated heterocycles. The van der Waals surface area contributed by atoms with Crippen molar-refractivity contribution in [2.75, 3.05) is 0 Å². The molecule has 1 aromatic rings. The van der Waals surface area contributed by atoms with Crippen LogP contribution in [0.3, 0.4) is 0 Å². The molecule has 60 valence electrons. The van der Waals surface area contributed by atoms with E-state index in [-0.39, 0.29) is 11.8 Å². The average Bonchev–Trinajstić information content (AvgIpc) is 2.53. The summed E-state index contributed by atoms with van der Waals surface area (Å²) in [5.41, 5.74) is 1.62. The van der Waals surface area contributed by atoms with E-state index in [0.717, 1.165) is 4.88 Å². The fourth-order valence-corrected chi connectivity index (χ4v) is 1.55. The standard InChI is InChI=1S/C7H9NO2S/c1-5(7(9)8-10)6-3-2-4-11-6/h2-5,10H,1H3,(H,8,9). The molecule has 0 bridgehead atoms. The molecule has 4 heteroatoms. The minimum Gasteiger partial charge on any atom is -0.289 e. The van der Waals surface area contributed by atoms with Gasteiger partial charge in [-0.15, -0.1) is 11.3 Å².